The number of aromatic nitrogens is 1. The monoisotopic (exact) mass is 462 g/mol. The number of hydrogen-bond donors (Lipinski definition) is 1. The number of nitrogens with one attached hydrogen (secondary N) is 1. The summed E-state index contributed by atoms with van der Waals surface area (Å²) in [4.78, 5) is 32.5. The van der Waals surface area contributed by atoms with E-state index in [1.54, 1.807) is 24.5 Å². The summed E-state index contributed by atoms with van der Waals surface area (Å²) in [7, 11) is 0. The van der Waals surface area contributed by atoms with Crippen LogP contribution in [0.15, 0.2) is 53.7 Å². The number of imide groups is 1. The maximum atomic E-state index is 15.2. The summed E-state index contributed by atoms with van der Waals surface area (Å²) < 4.78 is 15.2. The number of nitrogens with zero attached hydrogens (tertiary/aromatic N) is 3. The van der Waals surface area contributed by atoms with E-state index < -0.39 is 5.91 Å². The van der Waals surface area contributed by atoms with Gasteiger partial charge in [-0.05, 0) is 59.1 Å². The van der Waals surface area contributed by atoms with Crippen molar-refractivity contribution in [3.05, 3.63) is 65.1 Å². The molecule has 0 aliphatic carbocycles. The molecule has 1 aromatic heterocycles. The highest BCUT2D eigenvalue weighted by Gasteiger charge is 2.25. The van der Waals surface area contributed by atoms with Crippen LogP contribution in [0, 0.1) is 5.82 Å². The van der Waals surface area contributed by atoms with Crippen LogP contribution in [0.25, 0.3) is 28.0 Å². The van der Waals surface area contributed by atoms with Gasteiger partial charge < -0.3 is 9.80 Å². The van der Waals surface area contributed by atoms with Gasteiger partial charge in [0.15, 0.2) is 0 Å². The first-order chi connectivity index (χ1) is 16.0. The van der Waals surface area contributed by atoms with Crippen molar-refractivity contribution in [2.75, 3.05) is 37.6 Å². The van der Waals surface area contributed by atoms with Gasteiger partial charge in [-0.2, -0.15) is 0 Å². The molecule has 0 radical (unpaired) electrons. The van der Waals surface area contributed by atoms with Crippen molar-refractivity contribution in [2.24, 2.45) is 0 Å². The third-order valence-electron chi connectivity index (χ3n) is 6.14. The van der Waals surface area contributed by atoms with Crippen molar-refractivity contribution in [1.29, 1.82) is 0 Å². The van der Waals surface area contributed by atoms with E-state index in [0.29, 0.717) is 10.6 Å². The van der Waals surface area contributed by atoms with E-state index in [4.69, 9.17) is 0 Å². The maximum absolute atomic E-state index is 15.2. The number of carbonyl (C=O) groups excluding carboxylic acids is 2. The standard InChI is InChI=1S/C25H23FN4O2S/c1-2-29-7-9-30(10-8-29)22-6-5-17(13-21(22)26)20-15-27-14-18-4-3-16(11-19(18)20)12-23-24(31)28-25(32)33-23/h3-6,11-15H,2,7-10H2,1H3,(H,28,31,32). The molecule has 0 saturated carbocycles. The van der Waals surface area contributed by atoms with Gasteiger partial charge in [0.05, 0.1) is 10.6 Å². The normalized spacial score (nSPS) is 18.4. The summed E-state index contributed by atoms with van der Waals surface area (Å²) in [5.41, 5.74) is 2.97. The minimum absolute atomic E-state index is 0.245. The van der Waals surface area contributed by atoms with Gasteiger partial charge in [-0.25, -0.2) is 4.39 Å². The Kier molecular flexibility index (Phi) is 5.86. The summed E-state index contributed by atoms with van der Waals surface area (Å²) in [6, 6.07) is 11.1. The number of thioether (sulfide) groups is 1. The first kappa shape index (κ1) is 21.6. The molecule has 0 unspecified atom stereocenters. The lowest BCUT2D eigenvalue weighted by Crippen LogP contribution is -2.46. The minimum Gasteiger partial charge on any atom is -0.367 e. The highest BCUT2D eigenvalue weighted by molar-refractivity contribution is 8.18. The van der Waals surface area contributed by atoms with Crippen molar-refractivity contribution < 1.29 is 14.0 Å². The summed E-state index contributed by atoms with van der Waals surface area (Å²) >= 11 is 0.885. The number of pyridine rings is 1. The first-order valence-corrected chi connectivity index (χ1v) is 11.7. The average Bonchev–Trinajstić information content (AvgIpc) is 3.15. The molecule has 6 nitrogen and oxygen atoms in total. The topological polar surface area (TPSA) is 65.5 Å². The molecule has 2 amide bonds. The molecule has 2 aromatic carbocycles. The molecular formula is C25H23FN4O2S. The molecule has 0 bridgehead atoms. The zero-order valence-electron chi connectivity index (χ0n) is 18.2. The van der Waals surface area contributed by atoms with E-state index in [-0.39, 0.29) is 11.1 Å². The molecule has 2 aliphatic rings. The fourth-order valence-corrected chi connectivity index (χ4v) is 4.99. The largest absolute Gasteiger partial charge is 0.367 e. The highest BCUT2D eigenvalue weighted by atomic mass is 32.2. The van der Waals surface area contributed by atoms with Crippen molar-refractivity contribution in [3.63, 3.8) is 0 Å². The quantitative estimate of drug-likeness (QED) is 0.576. The van der Waals surface area contributed by atoms with Crippen LogP contribution in [0.5, 0.6) is 0 Å². The molecule has 2 saturated heterocycles. The van der Waals surface area contributed by atoms with Gasteiger partial charge in [0.25, 0.3) is 11.1 Å². The number of carbonyl (C=O) groups is 2. The summed E-state index contributed by atoms with van der Waals surface area (Å²) in [6.45, 7) is 6.65. The van der Waals surface area contributed by atoms with Crippen LogP contribution in [-0.4, -0.2) is 53.8 Å². The summed E-state index contributed by atoms with van der Waals surface area (Å²) in [6.07, 6.45) is 5.18. The molecule has 0 atom stereocenters. The lowest BCUT2D eigenvalue weighted by Gasteiger charge is -2.35. The number of rotatable bonds is 4. The molecule has 168 valence electrons. The van der Waals surface area contributed by atoms with Crippen molar-refractivity contribution >= 4 is 45.4 Å². The Morgan fingerprint density at radius 2 is 1.91 bits per heavy atom. The predicted octanol–water partition coefficient (Wildman–Crippen LogP) is 4.51. The smallest absolute Gasteiger partial charge is 0.290 e. The number of amides is 2. The molecule has 1 N–H and O–H groups in total. The van der Waals surface area contributed by atoms with Gasteiger partial charge in [-0.1, -0.05) is 25.1 Å². The van der Waals surface area contributed by atoms with E-state index in [1.165, 1.54) is 0 Å². The summed E-state index contributed by atoms with van der Waals surface area (Å²) in [5, 5.41) is 3.70. The van der Waals surface area contributed by atoms with Gasteiger partial charge in [-0.15, -0.1) is 0 Å². The number of hydrogen-bond acceptors (Lipinski definition) is 6. The zero-order valence-corrected chi connectivity index (χ0v) is 19.0. The molecule has 5 rings (SSSR count). The van der Waals surface area contributed by atoms with Crippen molar-refractivity contribution in [1.82, 2.24) is 15.2 Å². The molecule has 3 aromatic rings. The van der Waals surface area contributed by atoms with E-state index in [9.17, 15) is 9.59 Å². The van der Waals surface area contributed by atoms with Gasteiger partial charge in [0.2, 0.25) is 0 Å². The SMILES string of the molecule is CCN1CCN(c2ccc(-c3cncc4ccc(C=C5SC(=O)NC5=O)cc34)cc2F)CC1. The van der Waals surface area contributed by atoms with Crippen molar-refractivity contribution in [3.8, 4) is 11.1 Å². The van der Waals surface area contributed by atoms with Gasteiger partial charge >= 0.3 is 0 Å². The van der Waals surface area contributed by atoms with Crippen LogP contribution < -0.4 is 10.2 Å². The van der Waals surface area contributed by atoms with E-state index in [2.05, 4.69) is 27.0 Å². The van der Waals surface area contributed by atoms with Crippen LogP contribution in [-0.2, 0) is 4.79 Å². The Morgan fingerprint density at radius 1 is 1.09 bits per heavy atom. The first-order valence-electron chi connectivity index (χ1n) is 10.9. The molecular weight excluding hydrogens is 439 g/mol. The van der Waals surface area contributed by atoms with Crippen molar-refractivity contribution in [2.45, 2.75) is 6.92 Å². The second kappa shape index (κ2) is 8.96. The predicted molar refractivity (Wildman–Crippen MR) is 131 cm³/mol. The summed E-state index contributed by atoms with van der Waals surface area (Å²) in [5.74, 6) is -0.636. The number of fused-ring (bicyclic) bond motifs is 1. The number of anilines is 1. The van der Waals surface area contributed by atoms with E-state index in [0.717, 1.165) is 71.9 Å². The minimum atomic E-state index is -0.391. The van der Waals surface area contributed by atoms with E-state index >= 15 is 4.39 Å². The van der Waals surface area contributed by atoms with Crippen LogP contribution >= 0.6 is 11.8 Å². The molecule has 33 heavy (non-hydrogen) atoms. The van der Waals surface area contributed by atoms with Gasteiger partial charge in [0, 0.05) is 49.5 Å². The Morgan fingerprint density at radius 3 is 2.61 bits per heavy atom. The van der Waals surface area contributed by atoms with E-state index in [1.807, 2.05) is 30.3 Å². The van der Waals surface area contributed by atoms with Crippen LogP contribution in [0.4, 0.5) is 14.9 Å². The highest BCUT2D eigenvalue weighted by Crippen LogP contribution is 2.33. The second-order valence-corrected chi connectivity index (χ2v) is 9.12. The van der Waals surface area contributed by atoms with Crippen LogP contribution in [0.2, 0.25) is 0 Å². The molecule has 8 heteroatoms. The Labute approximate surface area is 195 Å². The van der Waals surface area contributed by atoms with Gasteiger partial charge in [-0.3, -0.25) is 19.9 Å². The zero-order chi connectivity index (χ0) is 22.9. The second-order valence-electron chi connectivity index (χ2n) is 8.11. The Bertz CT molecular complexity index is 1280. The third kappa shape index (κ3) is 4.36. The van der Waals surface area contributed by atoms with Gasteiger partial charge in [0.1, 0.15) is 5.82 Å². The Hall–Kier alpha value is -3.23. The third-order valence-corrected chi connectivity index (χ3v) is 6.95. The number of halogens is 1. The average molecular weight is 463 g/mol. The molecule has 0 spiro atoms. The Balaban J connectivity index is 1.48. The van der Waals surface area contributed by atoms with Crippen LogP contribution in [0.3, 0.4) is 0 Å². The molecule has 3 heterocycles. The number of piperazine rings is 1. The lowest BCUT2D eigenvalue weighted by atomic mass is 9.98. The fourth-order valence-electron chi connectivity index (χ4n) is 4.31. The fraction of sp³-hybridized carbons (Fsp3) is 0.240. The maximum Gasteiger partial charge on any atom is 0.290 e. The number of benzene rings is 2. The molecule has 2 fully saturated rings. The van der Waals surface area contributed by atoms with Crippen LogP contribution in [0.1, 0.15) is 12.5 Å². The molecule has 2 aliphatic heterocycles. The lowest BCUT2D eigenvalue weighted by molar-refractivity contribution is -0.115. The number of likely N-dealkylation sites (N-methyl/N-ethyl adjacent to an activating group) is 1.